The molecule has 1 aromatic rings. The number of carbonyl (C=O) groups is 4. The molecule has 0 bridgehead atoms. The zero-order valence-electron chi connectivity index (χ0n) is 22.4. The van der Waals surface area contributed by atoms with Crippen LogP contribution in [0.15, 0.2) is 23.3 Å². The lowest BCUT2D eigenvalue weighted by molar-refractivity contribution is -0.272. The lowest BCUT2D eigenvalue weighted by atomic mass is 9.90. The Bertz CT molecular complexity index is 1090. The fourth-order valence-electron chi connectivity index (χ4n) is 3.73. The minimum absolute atomic E-state index is 0.0535. The third kappa shape index (κ3) is 9.57. The van der Waals surface area contributed by atoms with Gasteiger partial charge in [-0.3, -0.25) is 14.9 Å². The molecule has 0 aliphatic carbocycles. The number of aliphatic hydroxyl groups is 1. The second-order valence-electron chi connectivity index (χ2n) is 8.39. The summed E-state index contributed by atoms with van der Waals surface area (Å²) in [5.41, 5.74) is 8.91. The van der Waals surface area contributed by atoms with Crippen LogP contribution in [0.25, 0.3) is 10.4 Å². The van der Waals surface area contributed by atoms with Gasteiger partial charge in [-0.1, -0.05) is 18.1 Å². The maximum absolute atomic E-state index is 12.9. The molecule has 0 radical (unpaired) electrons. The number of ether oxygens (including phenoxy) is 7. The van der Waals surface area contributed by atoms with Gasteiger partial charge in [0.2, 0.25) is 12.4 Å². The van der Waals surface area contributed by atoms with E-state index in [-0.39, 0.29) is 44.4 Å². The van der Waals surface area contributed by atoms with Gasteiger partial charge in [0, 0.05) is 31.2 Å². The standard InChI is InChI=1S/C24H32N4O12/c1-13-19(37-14(2)30)21(38-15(3)31)23(39-20(13)22(32)34-4)40-24(33)27-17-6-5-16(12-29)11-18(17)36-10-9-35-8-7-26-28-25/h5-6,11,13,19-21,23,29H,7-10,12H2,1-4H3,(H,27,33)/t13-,19-,20?,21+,23-/m0/s1. The lowest BCUT2D eigenvalue weighted by Gasteiger charge is -2.42. The van der Waals surface area contributed by atoms with Gasteiger partial charge in [-0.15, -0.1) is 0 Å². The normalized spacial score (nSPS) is 21.8. The van der Waals surface area contributed by atoms with E-state index in [1.165, 1.54) is 25.1 Å². The summed E-state index contributed by atoms with van der Waals surface area (Å²) >= 11 is 0. The van der Waals surface area contributed by atoms with Crippen molar-refractivity contribution in [1.82, 2.24) is 0 Å². The molecule has 1 aromatic carbocycles. The Morgan fingerprint density at radius 3 is 2.40 bits per heavy atom. The first kappa shape index (κ1) is 32.1. The fourth-order valence-corrected chi connectivity index (χ4v) is 3.73. The average molecular weight is 569 g/mol. The predicted octanol–water partition coefficient (Wildman–Crippen LogP) is 1.83. The van der Waals surface area contributed by atoms with Gasteiger partial charge in [-0.25, -0.2) is 9.59 Å². The Kier molecular flexibility index (Phi) is 12.9. The molecule has 1 aliphatic rings. The summed E-state index contributed by atoms with van der Waals surface area (Å²) in [4.78, 5) is 51.4. The lowest BCUT2D eigenvalue weighted by Crippen LogP contribution is -2.59. The first-order chi connectivity index (χ1) is 19.1. The van der Waals surface area contributed by atoms with Gasteiger partial charge in [0.15, 0.2) is 12.2 Å². The molecule has 0 saturated carbocycles. The number of nitrogens with zero attached hydrogens (tertiary/aromatic N) is 3. The van der Waals surface area contributed by atoms with Gasteiger partial charge >= 0.3 is 24.0 Å². The molecule has 1 fully saturated rings. The fraction of sp³-hybridized carbons (Fsp3) is 0.583. The number of esters is 3. The highest BCUT2D eigenvalue weighted by Gasteiger charge is 2.52. The third-order valence-electron chi connectivity index (χ3n) is 5.48. The van der Waals surface area contributed by atoms with E-state index in [9.17, 15) is 24.3 Å². The number of benzene rings is 1. The SMILES string of the molecule is COC(=O)C1O[C@@H](OC(=O)Nc2ccc(CO)cc2OCCOCCN=[N+]=[N-])[C@H](OC(C)=O)[C@@H](OC(C)=O)[C@@H]1C. The molecule has 1 unspecified atom stereocenters. The van der Waals surface area contributed by atoms with E-state index in [2.05, 4.69) is 15.3 Å². The molecule has 1 heterocycles. The quantitative estimate of drug-likeness (QED) is 0.0870. The maximum atomic E-state index is 12.9. The van der Waals surface area contributed by atoms with Crippen LogP contribution in [0.1, 0.15) is 26.3 Å². The summed E-state index contributed by atoms with van der Waals surface area (Å²) in [5.74, 6) is -2.99. The second kappa shape index (κ2) is 16.1. The van der Waals surface area contributed by atoms with Crippen LogP contribution in [-0.2, 0) is 49.4 Å². The molecule has 5 atom stereocenters. The average Bonchev–Trinajstić information content (AvgIpc) is 2.91. The summed E-state index contributed by atoms with van der Waals surface area (Å²) < 4.78 is 37.3. The molecule has 16 nitrogen and oxygen atoms in total. The summed E-state index contributed by atoms with van der Waals surface area (Å²) in [5, 5.41) is 15.3. The number of aliphatic hydroxyl groups excluding tert-OH is 1. The number of hydrogen-bond acceptors (Lipinski definition) is 13. The molecule has 2 rings (SSSR count). The number of amides is 1. The van der Waals surface area contributed by atoms with E-state index in [0.29, 0.717) is 5.56 Å². The van der Waals surface area contributed by atoms with Gasteiger partial charge in [-0.05, 0) is 23.2 Å². The van der Waals surface area contributed by atoms with Crippen molar-refractivity contribution >= 4 is 29.7 Å². The predicted molar refractivity (Wildman–Crippen MR) is 134 cm³/mol. The number of hydrogen-bond donors (Lipinski definition) is 2. The molecule has 2 N–H and O–H groups in total. The van der Waals surface area contributed by atoms with Crippen molar-refractivity contribution in [3.63, 3.8) is 0 Å². The molecule has 40 heavy (non-hydrogen) atoms. The Morgan fingerprint density at radius 2 is 1.77 bits per heavy atom. The minimum atomic E-state index is -1.67. The van der Waals surface area contributed by atoms with Crippen LogP contribution in [0.4, 0.5) is 10.5 Å². The van der Waals surface area contributed by atoms with E-state index >= 15 is 0 Å². The van der Waals surface area contributed by atoms with E-state index in [0.717, 1.165) is 21.0 Å². The topological polar surface area (TPSA) is 214 Å². The van der Waals surface area contributed by atoms with Gasteiger partial charge in [0.1, 0.15) is 12.4 Å². The van der Waals surface area contributed by atoms with E-state index in [4.69, 9.17) is 38.7 Å². The Balaban J connectivity index is 2.20. The van der Waals surface area contributed by atoms with Crippen LogP contribution in [0.5, 0.6) is 5.75 Å². The summed E-state index contributed by atoms with van der Waals surface area (Å²) in [6.45, 7) is 3.99. The first-order valence-electron chi connectivity index (χ1n) is 12.1. The van der Waals surface area contributed by atoms with Gasteiger partial charge in [0.05, 0.1) is 32.6 Å². The van der Waals surface area contributed by atoms with E-state index in [1.807, 2.05) is 0 Å². The third-order valence-corrected chi connectivity index (χ3v) is 5.48. The van der Waals surface area contributed by atoms with Gasteiger partial charge in [-0.2, -0.15) is 0 Å². The number of methoxy groups -OCH3 is 1. The van der Waals surface area contributed by atoms with Crippen molar-refractivity contribution in [2.45, 2.75) is 52.0 Å². The minimum Gasteiger partial charge on any atom is -0.489 e. The Labute approximate surface area is 229 Å². The maximum Gasteiger partial charge on any atom is 0.414 e. The molecule has 16 heteroatoms. The molecule has 0 spiro atoms. The largest absolute Gasteiger partial charge is 0.489 e. The molecular weight excluding hydrogens is 536 g/mol. The molecular formula is C24H32N4O12. The summed E-state index contributed by atoms with van der Waals surface area (Å²) in [6, 6.07) is 4.47. The van der Waals surface area contributed by atoms with Crippen molar-refractivity contribution in [3.8, 4) is 5.75 Å². The van der Waals surface area contributed by atoms with Crippen molar-refractivity contribution in [2.24, 2.45) is 11.0 Å². The molecule has 1 amide bonds. The van der Waals surface area contributed by atoms with Crippen molar-refractivity contribution < 1.29 is 57.4 Å². The number of rotatable bonds is 13. The first-order valence-corrected chi connectivity index (χ1v) is 12.1. The number of azide groups is 1. The highest BCUT2D eigenvalue weighted by Crippen LogP contribution is 2.33. The van der Waals surface area contributed by atoms with Crippen LogP contribution in [0, 0.1) is 5.92 Å². The highest BCUT2D eigenvalue weighted by molar-refractivity contribution is 5.87. The zero-order chi connectivity index (χ0) is 29.7. The number of carbonyl (C=O) groups excluding carboxylic acids is 4. The van der Waals surface area contributed by atoms with Gasteiger partial charge in [0.25, 0.3) is 0 Å². The van der Waals surface area contributed by atoms with Crippen LogP contribution in [0.2, 0.25) is 0 Å². The van der Waals surface area contributed by atoms with Crippen LogP contribution in [0.3, 0.4) is 0 Å². The van der Waals surface area contributed by atoms with Crippen molar-refractivity contribution in [1.29, 1.82) is 0 Å². The van der Waals surface area contributed by atoms with E-state index in [1.54, 1.807) is 0 Å². The molecule has 0 aromatic heterocycles. The molecule has 1 saturated heterocycles. The molecule has 220 valence electrons. The summed E-state index contributed by atoms with van der Waals surface area (Å²) in [7, 11) is 1.13. The smallest absolute Gasteiger partial charge is 0.414 e. The zero-order valence-corrected chi connectivity index (χ0v) is 22.4. The monoisotopic (exact) mass is 568 g/mol. The van der Waals surface area contributed by atoms with Crippen LogP contribution in [-0.4, -0.2) is 87.2 Å². The highest BCUT2D eigenvalue weighted by atomic mass is 16.7. The second-order valence-corrected chi connectivity index (χ2v) is 8.39. The Morgan fingerprint density at radius 1 is 1.07 bits per heavy atom. The molecule has 1 aliphatic heterocycles. The van der Waals surface area contributed by atoms with Gasteiger partial charge < -0.3 is 38.3 Å². The van der Waals surface area contributed by atoms with E-state index < -0.39 is 54.5 Å². The van der Waals surface area contributed by atoms with Crippen LogP contribution < -0.4 is 10.1 Å². The van der Waals surface area contributed by atoms with Crippen LogP contribution >= 0.6 is 0 Å². The number of nitrogens with one attached hydrogen (secondary N) is 1. The van der Waals surface area contributed by atoms with Crippen molar-refractivity contribution in [3.05, 3.63) is 34.2 Å². The Hall–Kier alpha value is -4.11. The summed E-state index contributed by atoms with van der Waals surface area (Å²) in [6.07, 6.45) is -6.69. The number of anilines is 1. The van der Waals surface area contributed by atoms with Crippen molar-refractivity contribution in [2.75, 3.05) is 38.8 Å².